The lowest BCUT2D eigenvalue weighted by Gasteiger charge is -2.34. The summed E-state index contributed by atoms with van der Waals surface area (Å²) in [4.78, 5) is 4.85. The van der Waals surface area contributed by atoms with Crippen molar-refractivity contribution in [3.63, 3.8) is 0 Å². The molecule has 314 valence electrons. The number of hydrogen-bond acceptors (Lipinski definition) is 2. The molecule has 4 aliphatic rings. The van der Waals surface area contributed by atoms with Crippen molar-refractivity contribution in [2.24, 2.45) is 0 Å². The van der Waals surface area contributed by atoms with Gasteiger partial charge in [-0.25, -0.2) is 0 Å². The predicted molar refractivity (Wildman–Crippen MR) is 276 cm³/mol. The van der Waals surface area contributed by atoms with Gasteiger partial charge in [-0.3, -0.25) is 0 Å². The summed E-state index contributed by atoms with van der Waals surface area (Å²) in [5, 5.41) is 0. The number of para-hydroxylation sites is 2. The maximum Gasteiger partial charge on any atom is 0.0689 e. The molecule has 0 radical (unpaired) electrons. The maximum absolute atomic E-state index is 2.54. The van der Waals surface area contributed by atoms with E-state index in [0.29, 0.717) is 0 Å². The lowest BCUT2D eigenvalue weighted by Crippen LogP contribution is -2.27. The molecule has 0 saturated carbocycles. The quantitative estimate of drug-likeness (QED) is 0.158. The first-order chi connectivity index (χ1) is 32.5. The molecule has 2 nitrogen and oxygen atoms in total. The van der Waals surface area contributed by atoms with E-state index in [1.54, 1.807) is 0 Å². The van der Waals surface area contributed by atoms with Gasteiger partial charge in [0.15, 0.2) is 0 Å². The Bertz CT molecular complexity index is 3390. The number of anilines is 6. The van der Waals surface area contributed by atoms with E-state index in [-0.39, 0.29) is 10.8 Å². The zero-order chi connectivity index (χ0) is 44.0. The highest BCUT2D eigenvalue weighted by molar-refractivity contribution is 6.02. The molecule has 66 heavy (non-hydrogen) atoms. The molecule has 0 heterocycles. The summed E-state index contributed by atoms with van der Waals surface area (Å²) in [6.45, 7) is 4.76. The Balaban J connectivity index is 0.970. The molecule has 0 amide bonds. The van der Waals surface area contributed by atoms with E-state index < -0.39 is 0 Å². The van der Waals surface area contributed by atoms with Crippen LogP contribution in [0.25, 0.3) is 39.0 Å². The van der Waals surface area contributed by atoms with Crippen molar-refractivity contribution < 1.29 is 0 Å². The van der Waals surface area contributed by atoms with E-state index in [0.717, 1.165) is 41.3 Å². The first kappa shape index (κ1) is 38.5. The van der Waals surface area contributed by atoms with Crippen LogP contribution in [0.15, 0.2) is 236 Å². The Morgan fingerprint density at radius 1 is 0.379 bits per heavy atom. The minimum atomic E-state index is -0.349. The van der Waals surface area contributed by atoms with Crippen molar-refractivity contribution in [1.82, 2.24) is 0 Å². The first-order valence-corrected chi connectivity index (χ1v) is 23.4. The zero-order valence-electron chi connectivity index (χ0n) is 37.2. The van der Waals surface area contributed by atoms with Gasteiger partial charge in [-0.05, 0) is 152 Å². The van der Waals surface area contributed by atoms with E-state index in [1.165, 1.54) is 83.6 Å². The third-order valence-corrected chi connectivity index (χ3v) is 15.0. The van der Waals surface area contributed by atoms with Crippen LogP contribution < -0.4 is 9.80 Å². The standard InChI is InChI=1S/C64H48N2/c1-63(2)55-26-13-9-22-50(55)53-41-40-49(42-60(53)63)66(48-38-34-44(35-39-48)43-32-36-47(37-33-43)65(45-18-5-3-6-19-45)46-20-7-4-8-21-46)61-31-17-30-59-62(61)54-25-12-16-29-58(54)64(59)56-27-14-10-23-51(56)52-24-11-15-28-57(52)64/h3-14,16-27,29-42H,15,28H2,1-2H3. The van der Waals surface area contributed by atoms with Crippen molar-refractivity contribution in [3.05, 3.63) is 269 Å². The van der Waals surface area contributed by atoms with Crippen LogP contribution in [0, 0.1) is 0 Å². The Morgan fingerprint density at radius 2 is 0.879 bits per heavy atom. The van der Waals surface area contributed by atoms with Crippen LogP contribution in [0.1, 0.15) is 60.1 Å². The summed E-state index contributed by atoms with van der Waals surface area (Å²) < 4.78 is 0. The number of rotatable bonds is 7. The van der Waals surface area contributed by atoms with E-state index in [4.69, 9.17) is 0 Å². The molecule has 1 unspecified atom stereocenters. The molecule has 4 aliphatic carbocycles. The van der Waals surface area contributed by atoms with Crippen LogP contribution in [-0.4, -0.2) is 0 Å². The van der Waals surface area contributed by atoms with Crippen LogP contribution in [0.3, 0.4) is 0 Å². The van der Waals surface area contributed by atoms with Gasteiger partial charge in [-0.15, -0.1) is 0 Å². The van der Waals surface area contributed by atoms with Crippen LogP contribution in [0.2, 0.25) is 0 Å². The molecule has 0 aromatic heterocycles. The highest BCUT2D eigenvalue weighted by Gasteiger charge is 2.53. The molecule has 0 N–H and O–H groups in total. The average molecular weight is 845 g/mol. The van der Waals surface area contributed by atoms with E-state index in [1.807, 2.05) is 0 Å². The number of nitrogens with zero attached hydrogens (tertiary/aromatic N) is 2. The Morgan fingerprint density at radius 3 is 1.55 bits per heavy atom. The minimum absolute atomic E-state index is 0.138. The van der Waals surface area contributed by atoms with Gasteiger partial charge < -0.3 is 9.80 Å². The zero-order valence-corrected chi connectivity index (χ0v) is 37.2. The van der Waals surface area contributed by atoms with Crippen LogP contribution >= 0.6 is 0 Å². The molecular formula is C64H48N2. The van der Waals surface area contributed by atoms with E-state index >= 15 is 0 Å². The molecular weight excluding hydrogens is 797 g/mol. The summed E-state index contributed by atoms with van der Waals surface area (Å²) in [7, 11) is 0. The monoisotopic (exact) mass is 844 g/mol. The fraction of sp³-hybridized carbons (Fsp3) is 0.0938. The first-order valence-electron chi connectivity index (χ1n) is 23.4. The van der Waals surface area contributed by atoms with Gasteiger partial charge in [0.1, 0.15) is 0 Å². The molecule has 0 saturated heterocycles. The highest BCUT2D eigenvalue weighted by atomic mass is 15.1. The van der Waals surface area contributed by atoms with Gasteiger partial charge in [0.05, 0.1) is 11.1 Å². The summed E-state index contributed by atoms with van der Waals surface area (Å²) in [6.07, 6.45) is 6.86. The lowest BCUT2D eigenvalue weighted by atomic mass is 9.68. The van der Waals surface area contributed by atoms with E-state index in [9.17, 15) is 0 Å². The van der Waals surface area contributed by atoms with Crippen molar-refractivity contribution in [2.75, 3.05) is 9.80 Å². The number of hydrogen-bond donors (Lipinski definition) is 0. The topological polar surface area (TPSA) is 6.48 Å². The fourth-order valence-electron chi connectivity index (χ4n) is 12.1. The van der Waals surface area contributed by atoms with Crippen molar-refractivity contribution in [2.45, 2.75) is 37.5 Å². The third-order valence-electron chi connectivity index (χ3n) is 15.0. The molecule has 2 heteroatoms. The second-order valence-electron chi connectivity index (χ2n) is 18.7. The normalized spacial score (nSPS) is 16.6. The highest BCUT2D eigenvalue weighted by Crippen LogP contribution is 2.65. The molecule has 9 aromatic rings. The molecule has 13 rings (SSSR count). The van der Waals surface area contributed by atoms with Gasteiger partial charge >= 0.3 is 0 Å². The Kier molecular flexibility index (Phi) is 8.64. The van der Waals surface area contributed by atoms with Crippen LogP contribution in [0.4, 0.5) is 34.1 Å². The largest absolute Gasteiger partial charge is 0.311 e. The van der Waals surface area contributed by atoms with Crippen molar-refractivity contribution in [3.8, 4) is 33.4 Å². The van der Waals surface area contributed by atoms with Gasteiger partial charge in [-0.1, -0.05) is 178 Å². The smallest absolute Gasteiger partial charge is 0.0689 e. The summed E-state index contributed by atoms with van der Waals surface area (Å²) in [6, 6.07) is 81.1. The lowest BCUT2D eigenvalue weighted by molar-refractivity contribution is 0.660. The summed E-state index contributed by atoms with van der Waals surface area (Å²) in [5.41, 5.74) is 25.2. The SMILES string of the molecule is CC1(C)c2ccccc2-c2ccc(N(c3ccc(-c4ccc(N(c5ccccc5)c5ccccc5)cc4)cc3)c3cccc4c3-c3ccccc3C43C4=C(C=CCC4)c4ccccc43)cc21. The molecule has 9 aromatic carbocycles. The molecule has 0 bridgehead atoms. The fourth-order valence-corrected chi connectivity index (χ4v) is 12.1. The van der Waals surface area contributed by atoms with Crippen molar-refractivity contribution in [1.29, 1.82) is 0 Å². The van der Waals surface area contributed by atoms with Gasteiger partial charge in [0.2, 0.25) is 0 Å². The Labute approximate surface area is 388 Å². The average Bonchev–Trinajstić information content (AvgIpc) is 3.94. The van der Waals surface area contributed by atoms with Gasteiger partial charge in [-0.2, -0.15) is 0 Å². The number of benzene rings is 9. The van der Waals surface area contributed by atoms with Gasteiger partial charge in [0.25, 0.3) is 0 Å². The van der Waals surface area contributed by atoms with Gasteiger partial charge in [0, 0.05) is 39.4 Å². The van der Waals surface area contributed by atoms with Crippen molar-refractivity contribution >= 4 is 39.7 Å². The predicted octanol–water partition coefficient (Wildman–Crippen LogP) is 17.0. The van der Waals surface area contributed by atoms with E-state index in [2.05, 4.69) is 254 Å². The number of allylic oxidation sites excluding steroid dienone is 4. The molecule has 1 atom stereocenters. The van der Waals surface area contributed by atoms with Crippen LogP contribution in [0.5, 0.6) is 0 Å². The molecule has 1 spiro atoms. The summed E-state index contributed by atoms with van der Waals surface area (Å²) >= 11 is 0. The molecule has 0 fully saturated rings. The summed E-state index contributed by atoms with van der Waals surface area (Å²) in [5.74, 6) is 0. The Hall–Kier alpha value is -7.94. The third kappa shape index (κ3) is 5.55. The maximum atomic E-state index is 2.54. The van der Waals surface area contributed by atoms with Crippen LogP contribution in [-0.2, 0) is 10.8 Å². The number of fused-ring (bicyclic) bond motifs is 12. The molecule has 0 aliphatic heterocycles. The second kappa shape index (κ2) is 14.8. The minimum Gasteiger partial charge on any atom is -0.311 e. The second-order valence-corrected chi connectivity index (χ2v) is 18.7.